The molecule has 0 rings (SSSR count). The van der Waals surface area contributed by atoms with Gasteiger partial charge in [0.2, 0.25) is 0 Å². The van der Waals surface area contributed by atoms with Gasteiger partial charge in [0.15, 0.2) is 5.96 Å². The van der Waals surface area contributed by atoms with E-state index in [1.165, 1.54) is 19.3 Å². The molecule has 0 aliphatic heterocycles. The van der Waals surface area contributed by atoms with Crippen molar-refractivity contribution in [1.29, 1.82) is 0 Å². The lowest BCUT2D eigenvalue weighted by molar-refractivity contribution is 0.269. The summed E-state index contributed by atoms with van der Waals surface area (Å²) in [5.41, 5.74) is 0. The van der Waals surface area contributed by atoms with Crippen LogP contribution in [-0.4, -0.2) is 50.1 Å². The van der Waals surface area contributed by atoms with E-state index in [4.69, 9.17) is 0 Å². The standard InChI is InChI=1S/C15H34N4.HI/c1-6-8-11-17-15(16-7-2)18-12-9-10-13-19(5)14(3)4;/h14H,6-13H2,1-5H3,(H2,16,17,18);1H. The van der Waals surface area contributed by atoms with Gasteiger partial charge in [-0.3, -0.25) is 4.99 Å². The molecule has 0 aliphatic rings. The van der Waals surface area contributed by atoms with Crippen LogP contribution in [0, 0.1) is 0 Å². The largest absolute Gasteiger partial charge is 0.357 e. The highest BCUT2D eigenvalue weighted by atomic mass is 127. The Kier molecular flexibility index (Phi) is 17.1. The van der Waals surface area contributed by atoms with Crippen LogP contribution in [-0.2, 0) is 0 Å². The van der Waals surface area contributed by atoms with Gasteiger partial charge in [0, 0.05) is 25.7 Å². The molecule has 20 heavy (non-hydrogen) atoms. The molecular formula is C15H35IN4. The van der Waals surface area contributed by atoms with E-state index in [9.17, 15) is 0 Å². The second kappa shape index (κ2) is 15.4. The smallest absolute Gasteiger partial charge is 0.191 e. The zero-order chi connectivity index (χ0) is 14.5. The fraction of sp³-hybridized carbons (Fsp3) is 0.933. The number of hydrogen-bond donors (Lipinski definition) is 2. The number of rotatable bonds is 10. The zero-order valence-corrected chi connectivity index (χ0v) is 16.4. The first-order chi connectivity index (χ1) is 9.11. The third-order valence-corrected chi connectivity index (χ3v) is 3.24. The van der Waals surface area contributed by atoms with Gasteiger partial charge in [0.05, 0.1) is 0 Å². The van der Waals surface area contributed by atoms with Crippen LogP contribution in [0.5, 0.6) is 0 Å². The van der Waals surface area contributed by atoms with Crippen LogP contribution in [0.3, 0.4) is 0 Å². The molecule has 0 unspecified atom stereocenters. The van der Waals surface area contributed by atoms with E-state index in [1.54, 1.807) is 0 Å². The highest BCUT2D eigenvalue weighted by Gasteiger charge is 2.01. The lowest BCUT2D eigenvalue weighted by atomic mass is 10.2. The Balaban J connectivity index is 0. The number of halogens is 1. The summed E-state index contributed by atoms with van der Waals surface area (Å²) in [6, 6.07) is 0.636. The number of nitrogens with one attached hydrogen (secondary N) is 2. The summed E-state index contributed by atoms with van der Waals surface area (Å²) in [5.74, 6) is 0.966. The second-order valence-corrected chi connectivity index (χ2v) is 5.32. The highest BCUT2D eigenvalue weighted by molar-refractivity contribution is 14.0. The molecule has 0 aromatic heterocycles. The van der Waals surface area contributed by atoms with Crippen molar-refractivity contribution in [3.63, 3.8) is 0 Å². The van der Waals surface area contributed by atoms with Crippen LogP contribution in [0.2, 0.25) is 0 Å². The van der Waals surface area contributed by atoms with E-state index in [2.05, 4.69) is 55.3 Å². The predicted octanol–water partition coefficient (Wildman–Crippen LogP) is 3.08. The van der Waals surface area contributed by atoms with Crippen LogP contribution in [0.25, 0.3) is 0 Å². The predicted molar refractivity (Wildman–Crippen MR) is 101 cm³/mol. The maximum Gasteiger partial charge on any atom is 0.191 e. The van der Waals surface area contributed by atoms with Crippen molar-refractivity contribution >= 4 is 29.9 Å². The van der Waals surface area contributed by atoms with Crippen molar-refractivity contribution in [2.75, 3.05) is 33.2 Å². The Hall–Kier alpha value is -0.0400. The van der Waals surface area contributed by atoms with Crippen LogP contribution < -0.4 is 10.6 Å². The Bertz CT molecular complexity index is 232. The fourth-order valence-corrected chi connectivity index (χ4v) is 1.65. The van der Waals surface area contributed by atoms with Crippen molar-refractivity contribution < 1.29 is 0 Å². The second-order valence-electron chi connectivity index (χ2n) is 5.32. The van der Waals surface area contributed by atoms with E-state index in [0.29, 0.717) is 6.04 Å². The molecule has 0 saturated heterocycles. The lowest BCUT2D eigenvalue weighted by Crippen LogP contribution is -2.37. The summed E-state index contributed by atoms with van der Waals surface area (Å²) in [5, 5.41) is 6.66. The van der Waals surface area contributed by atoms with Crippen molar-refractivity contribution in [2.45, 2.75) is 59.4 Å². The summed E-state index contributed by atoms with van der Waals surface area (Å²) in [6.45, 7) is 12.8. The van der Waals surface area contributed by atoms with Crippen LogP contribution in [0.15, 0.2) is 4.99 Å². The van der Waals surface area contributed by atoms with Crippen molar-refractivity contribution in [2.24, 2.45) is 4.99 Å². The van der Waals surface area contributed by atoms with Crippen molar-refractivity contribution in [3.05, 3.63) is 0 Å². The van der Waals surface area contributed by atoms with Crippen molar-refractivity contribution in [1.82, 2.24) is 15.5 Å². The Labute approximate surface area is 143 Å². The van der Waals surface area contributed by atoms with Gasteiger partial charge >= 0.3 is 0 Å². The molecule has 0 aromatic carbocycles. The number of guanidine groups is 1. The summed E-state index contributed by atoms with van der Waals surface area (Å²) in [7, 11) is 2.18. The topological polar surface area (TPSA) is 39.7 Å². The number of unbranched alkanes of at least 4 members (excludes halogenated alkanes) is 2. The average Bonchev–Trinajstić information content (AvgIpc) is 2.38. The van der Waals surface area contributed by atoms with Gasteiger partial charge in [-0.15, -0.1) is 24.0 Å². The van der Waals surface area contributed by atoms with E-state index in [-0.39, 0.29) is 24.0 Å². The monoisotopic (exact) mass is 398 g/mol. The minimum Gasteiger partial charge on any atom is -0.357 e. The van der Waals surface area contributed by atoms with Gasteiger partial charge in [-0.25, -0.2) is 0 Å². The van der Waals surface area contributed by atoms with E-state index in [0.717, 1.165) is 38.6 Å². The molecule has 0 radical (unpaired) electrons. The van der Waals surface area contributed by atoms with Crippen LogP contribution in [0.1, 0.15) is 53.4 Å². The number of hydrogen-bond acceptors (Lipinski definition) is 2. The Morgan fingerprint density at radius 2 is 1.80 bits per heavy atom. The fourth-order valence-electron chi connectivity index (χ4n) is 1.65. The van der Waals surface area contributed by atoms with Gasteiger partial charge in [-0.05, 0) is 53.6 Å². The van der Waals surface area contributed by atoms with Gasteiger partial charge in [0.25, 0.3) is 0 Å². The zero-order valence-electron chi connectivity index (χ0n) is 14.0. The summed E-state index contributed by atoms with van der Waals surface area (Å²) >= 11 is 0. The average molecular weight is 398 g/mol. The van der Waals surface area contributed by atoms with Crippen LogP contribution in [0.4, 0.5) is 0 Å². The first kappa shape index (κ1) is 22.2. The van der Waals surface area contributed by atoms with Gasteiger partial charge in [-0.1, -0.05) is 13.3 Å². The maximum atomic E-state index is 4.60. The molecule has 0 heterocycles. The SMILES string of the molecule is CCCCNC(=NCCCCN(C)C(C)C)NCC.I. The van der Waals surface area contributed by atoms with E-state index < -0.39 is 0 Å². The molecular weight excluding hydrogens is 363 g/mol. The van der Waals surface area contributed by atoms with Crippen LogP contribution >= 0.6 is 24.0 Å². The summed E-state index contributed by atoms with van der Waals surface area (Å²) < 4.78 is 0. The normalized spacial score (nSPS) is 11.7. The van der Waals surface area contributed by atoms with Gasteiger partial charge < -0.3 is 15.5 Å². The van der Waals surface area contributed by atoms with Gasteiger partial charge in [-0.2, -0.15) is 0 Å². The number of aliphatic imine (C=N–C) groups is 1. The first-order valence-electron chi connectivity index (χ1n) is 7.84. The minimum atomic E-state index is 0. The van der Waals surface area contributed by atoms with Crippen molar-refractivity contribution in [3.8, 4) is 0 Å². The molecule has 4 nitrogen and oxygen atoms in total. The molecule has 0 aromatic rings. The molecule has 5 heteroatoms. The molecule has 0 saturated carbocycles. The molecule has 0 bridgehead atoms. The third kappa shape index (κ3) is 13.0. The molecule has 0 atom stereocenters. The first-order valence-corrected chi connectivity index (χ1v) is 7.84. The summed E-state index contributed by atoms with van der Waals surface area (Å²) in [6.07, 6.45) is 4.78. The molecule has 0 amide bonds. The molecule has 2 N–H and O–H groups in total. The lowest BCUT2D eigenvalue weighted by Gasteiger charge is -2.20. The molecule has 0 fully saturated rings. The van der Waals surface area contributed by atoms with E-state index >= 15 is 0 Å². The molecule has 0 aliphatic carbocycles. The molecule has 0 spiro atoms. The van der Waals surface area contributed by atoms with E-state index in [1.807, 2.05) is 0 Å². The quantitative estimate of drug-likeness (QED) is 0.257. The summed E-state index contributed by atoms with van der Waals surface area (Å²) in [4.78, 5) is 6.99. The Morgan fingerprint density at radius 3 is 2.35 bits per heavy atom. The van der Waals surface area contributed by atoms with Gasteiger partial charge in [0.1, 0.15) is 0 Å². The number of nitrogens with zero attached hydrogens (tertiary/aromatic N) is 2. The minimum absolute atomic E-state index is 0. The maximum absolute atomic E-state index is 4.60. The Morgan fingerprint density at radius 1 is 1.10 bits per heavy atom. The third-order valence-electron chi connectivity index (χ3n) is 3.24. The highest BCUT2D eigenvalue weighted by Crippen LogP contribution is 1.98. The molecule has 122 valence electrons.